The van der Waals surface area contributed by atoms with E-state index in [-0.39, 0.29) is 25.0 Å². The minimum Gasteiger partial charge on any atom is -0.496 e. The first-order chi connectivity index (χ1) is 12.0. The maximum Gasteiger partial charge on any atom is 0.258 e. The molecule has 0 aliphatic rings. The summed E-state index contributed by atoms with van der Waals surface area (Å²) in [6.07, 6.45) is 0. The number of carbonyl (C=O) groups is 2. The van der Waals surface area contributed by atoms with Gasteiger partial charge in [0.25, 0.3) is 5.91 Å². The Bertz CT molecular complexity index is 759. The maximum atomic E-state index is 12.0. The lowest BCUT2D eigenvalue weighted by molar-refractivity contribution is -0.123. The third kappa shape index (κ3) is 5.84. The van der Waals surface area contributed by atoms with Gasteiger partial charge < -0.3 is 20.1 Å². The van der Waals surface area contributed by atoms with Crippen LogP contribution in [-0.4, -0.2) is 25.5 Å². The number of anilines is 1. The summed E-state index contributed by atoms with van der Waals surface area (Å²) < 4.78 is 10.8. The van der Waals surface area contributed by atoms with Gasteiger partial charge in [-0.1, -0.05) is 12.1 Å². The molecule has 6 heteroatoms. The highest BCUT2D eigenvalue weighted by molar-refractivity contribution is 5.88. The molecule has 0 aliphatic heterocycles. The van der Waals surface area contributed by atoms with Crippen LogP contribution in [-0.2, 0) is 16.1 Å². The molecule has 6 nitrogen and oxygen atoms in total. The van der Waals surface area contributed by atoms with Crippen LogP contribution in [0.2, 0.25) is 0 Å². The molecule has 132 valence electrons. The zero-order chi connectivity index (χ0) is 18.2. The largest absolute Gasteiger partial charge is 0.496 e. The van der Waals surface area contributed by atoms with Crippen LogP contribution in [0.5, 0.6) is 11.5 Å². The topological polar surface area (TPSA) is 76.7 Å². The summed E-state index contributed by atoms with van der Waals surface area (Å²) in [6.45, 7) is 3.60. The van der Waals surface area contributed by atoms with Gasteiger partial charge in [0.1, 0.15) is 11.5 Å². The zero-order valence-corrected chi connectivity index (χ0v) is 14.6. The van der Waals surface area contributed by atoms with Gasteiger partial charge in [-0.2, -0.15) is 0 Å². The predicted molar refractivity (Wildman–Crippen MR) is 95.8 cm³/mol. The summed E-state index contributed by atoms with van der Waals surface area (Å²) in [5.74, 6) is 0.884. The molecule has 0 saturated heterocycles. The summed E-state index contributed by atoms with van der Waals surface area (Å²) in [6, 6.07) is 12.8. The van der Waals surface area contributed by atoms with Crippen molar-refractivity contribution in [2.75, 3.05) is 19.0 Å². The minimum absolute atomic E-state index is 0.0723. The van der Waals surface area contributed by atoms with E-state index in [1.807, 2.05) is 25.1 Å². The third-order valence-electron chi connectivity index (χ3n) is 3.44. The van der Waals surface area contributed by atoms with Crippen LogP contribution in [0, 0.1) is 6.92 Å². The highest BCUT2D eigenvalue weighted by atomic mass is 16.5. The van der Waals surface area contributed by atoms with Crippen LogP contribution in [0.15, 0.2) is 42.5 Å². The Labute approximate surface area is 147 Å². The smallest absolute Gasteiger partial charge is 0.258 e. The van der Waals surface area contributed by atoms with E-state index in [9.17, 15) is 9.59 Å². The number of rotatable bonds is 7. The van der Waals surface area contributed by atoms with Crippen molar-refractivity contribution in [3.63, 3.8) is 0 Å². The van der Waals surface area contributed by atoms with E-state index >= 15 is 0 Å². The summed E-state index contributed by atoms with van der Waals surface area (Å²) in [5, 5.41) is 5.49. The molecular formula is C19H22N2O4. The van der Waals surface area contributed by atoms with E-state index in [4.69, 9.17) is 9.47 Å². The summed E-state index contributed by atoms with van der Waals surface area (Å²) in [5.41, 5.74) is 2.48. The van der Waals surface area contributed by atoms with Gasteiger partial charge in [-0.05, 0) is 42.8 Å². The lowest BCUT2D eigenvalue weighted by atomic mass is 10.1. The van der Waals surface area contributed by atoms with Gasteiger partial charge in [-0.3, -0.25) is 9.59 Å². The standard InChI is InChI=1S/C19H22N2O4/c1-13-5-4-6-17(9-13)25-12-19(23)20-11-15-10-16(21-14(2)22)7-8-18(15)24-3/h4-10H,11-12H2,1-3H3,(H,20,23)(H,21,22). The normalized spacial score (nSPS) is 10.0. The van der Waals surface area contributed by atoms with Crippen molar-refractivity contribution in [3.05, 3.63) is 53.6 Å². The Kier molecular flexibility index (Phi) is 6.39. The van der Waals surface area contributed by atoms with Crippen LogP contribution >= 0.6 is 0 Å². The Morgan fingerprint density at radius 3 is 2.60 bits per heavy atom. The molecule has 2 amide bonds. The summed E-state index contributed by atoms with van der Waals surface area (Å²) in [7, 11) is 1.56. The molecule has 2 aromatic carbocycles. The maximum absolute atomic E-state index is 12.0. The number of amides is 2. The molecule has 0 aromatic heterocycles. The first-order valence-corrected chi connectivity index (χ1v) is 7.88. The quantitative estimate of drug-likeness (QED) is 0.811. The van der Waals surface area contributed by atoms with Gasteiger partial charge >= 0.3 is 0 Å². The molecule has 0 aliphatic carbocycles. The lowest BCUT2D eigenvalue weighted by Crippen LogP contribution is -2.28. The second-order valence-electron chi connectivity index (χ2n) is 5.59. The fourth-order valence-corrected chi connectivity index (χ4v) is 2.30. The number of methoxy groups -OCH3 is 1. The van der Waals surface area contributed by atoms with Crippen LogP contribution in [0.1, 0.15) is 18.1 Å². The van der Waals surface area contributed by atoms with Crippen molar-refractivity contribution in [3.8, 4) is 11.5 Å². The second kappa shape index (κ2) is 8.73. The van der Waals surface area contributed by atoms with Gasteiger partial charge in [0, 0.05) is 24.7 Å². The van der Waals surface area contributed by atoms with Gasteiger partial charge in [0.05, 0.1) is 7.11 Å². The minimum atomic E-state index is -0.242. The fourth-order valence-electron chi connectivity index (χ4n) is 2.30. The van der Waals surface area contributed by atoms with Crippen LogP contribution < -0.4 is 20.1 Å². The predicted octanol–water partition coefficient (Wildman–Crippen LogP) is 2.66. The van der Waals surface area contributed by atoms with Gasteiger partial charge in [0.15, 0.2) is 6.61 Å². The van der Waals surface area contributed by atoms with Crippen molar-refractivity contribution < 1.29 is 19.1 Å². The van der Waals surface area contributed by atoms with Crippen LogP contribution in [0.4, 0.5) is 5.69 Å². The number of hydrogen-bond donors (Lipinski definition) is 2. The van der Waals surface area contributed by atoms with E-state index in [2.05, 4.69) is 10.6 Å². The Morgan fingerprint density at radius 1 is 1.12 bits per heavy atom. The molecule has 0 radical (unpaired) electrons. The molecule has 0 heterocycles. The van der Waals surface area contributed by atoms with Crippen LogP contribution in [0.3, 0.4) is 0 Å². The number of aryl methyl sites for hydroxylation is 1. The first-order valence-electron chi connectivity index (χ1n) is 7.88. The van der Waals surface area contributed by atoms with Gasteiger partial charge in [0.2, 0.25) is 5.91 Å². The summed E-state index contributed by atoms with van der Waals surface area (Å²) in [4.78, 5) is 23.2. The van der Waals surface area contributed by atoms with E-state index in [1.54, 1.807) is 31.4 Å². The number of ether oxygens (including phenoxy) is 2. The Hall–Kier alpha value is -3.02. The highest BCUT2D eigenvalue weighted by Gasteiger charge is 2.08. The summed E-state index contributed by atoms with van der Waals surface area (Å²) >= 11 is 0. The Morgan fingerprint density at radius 2 is 1.92 bits per heavy atom. The lowest BCUT2D eigenvalue weighted by Gasteiger charge is -2.12. The number of benzene rings is 2. The van der Waals surface area contributed by atoms with Crippen molar-refractivity contribution in [1.82, 2.24) is 5.32 Å². The average Bonchev–Trinajstić information content (AvgIpc) is 2.58. The van der Waals surface area contributed by atoms with Crippen molar-refractivity contribution in [1.29, 1.82) is 0 Å². The van der Waals surface area contributed by atoms with E-state index in [0.29, 0.717) is 17.2 Å². The van der Waals surface area contributed by atoms with Crippen molar-refractivity contribution in [2.45, 2.75) is 20.4 Å². The van der Waals surface area contributed by atoms with Gasteiger partial charge in [-0.25, -0.2) is 0 Å². The molecular weight excluding hydrogens is 320 g/mol. The molecule has 2 aromatic rings. The molecule has 0 saturated carbocycles. The molecule has 0 unspecified atom stereocenters. The van der Waals surface area contributed by atoms with E-state index in [1.165, 1.54) is 6.92 Å². The highest BCUT2D eigenvalue weighted by Crippen LogP contribution is 2.22. The molecule has 0 atom stereocenters. The number of nitrogens with one attached hydrogen (secondary N) is 2. The van der Waals surface area contributed by atoms with E-state index < -0.39 is 0 Å². The van der Waals surface area contributed by atoms with E-state index in [0.717, 1.165) is 11.1 Å². The molecule has 2 rings (SSSR count). The molecule has 0 bridgehead atoms. The number of hydrogen-bond acceptors (Lipinski definition) is 4. The molecule has 0 spiro atoms. The Balaban J connectivity index is 1.92. The average molecular weight is 342 g/mol. The number of carbonyl (C=O) groups excluding carboxylic acids is 2. The monoisotopic (exact) mass is 342 g/mol. The SMILES string of the molecule is COc1ccc(NC(C)=O)cc1CNC(=O)COc1cccc(C)c1. The third-order valence-corrected chi connectivity index (χ3v) is 3.44. The van der Waals surface area contributed by atoms with Crippen molar-refractivity contribution >= 4 is 17.5 Å². The molecule has 25 heavy (non-hydrogen) atoms. The second-order valence-corrected chi connectivity index (χ2v) is 5.59. The van der Waals surface area contributed by atoms with Crippen LogP contribution in [0.25, 0.3) is 0 Å². The zero-order valence-electron chi connectivity index (χ0n) is 14.6. The fraction of sp³-hybridized carbons (Fsp3) is 0.263. The molecule has 0 fully saturated rings. The first kappa shape index (κ1) is 18.3. The van der Waals surface area contributed by atoms with Crippen molar-refractivity contribution in [2.24, 2.45) is 0 Å². The molecule has 2 N–H and O–H groups in total. The van der Waals surface area contributed by atoms with Gasteiger partial charge in [-0.15, -0.1) is 0 Å².